The van der Waals surface area contributed by atoms with Crippen LogP contribution in [0.1, 0.15) is 0 Å². The lowest BCUT2D eigenvalue weighted by Gasteiger charge is -1.93. The SMILES string of the molecule is [C-]#[N+]c1cc2cc[nH]c2cc1F. The van der Waals surface area contributed by atoms with Gasteiger partial charge in [-0.1, -0.05) is 0 Å². The van der Waals surface area contributed by atoms with Crippen LogP contribution in [0, 0.1) is 12.4 Å². The highest BCUT2D eigenvalue weighted by atomic mass is 19.1. The zero-order valence-electron chi connectivity index (χ0n) is 6.13. The summed E-state index contributed by atoms with van der Waals surface area (Å²) in [6.07, 6.45) is 1.72. The van der Waals surface area contributed by atoms with Gasteiger partial charge in [0.2, 0.25) is 5.69 Å². The summed E-state index contributed by atoms with van der Waals surface area (Å²) in [6.45, 7) is 6.69. The quantitative estimate of drug-likeness (QED) is 0.572. The Labute approximate surface area is 68.5 Å². The van der Waals surface area contributed by atoms with Crippen molar-refractivity contribution in [2.24, 2.45) is 0 Å². The minimum Gasteiger partial charge on any atom is -0.361 e. The average molecular weight is 160 g/mol. The first-order chi connectivity index (χ1) is 5.81. The molecule has 58 valence electrons. The van der Waals surface area contributed by atoms with Crippen LogP contribution in [0.5, 0.6) is 0 Å². The van der Waals surface area contributed by atoms with E-state index >= 15 is 0 Å². The van der Waals surface area contributed by atoms with Gasteiger partial charge in [-0.15, -0.1) is 0 Å². The van der Waals surface area contributed by atoms with Crippen molar-refractivity contribution < 1.29 is 4.39 Å². The molecule has 1 aromatic heterocycles. The van der Waals surface area contributed by atoms with E-state index in [0.29, 0.717) is 0 Å². The van der Waals surface area contributed by atoms with Crippen molar-refractivity contribution >= 4 is 16.6 Å². The van der Waals surface area contributed by atoms with Crippen molar-refractivity contribution in [1.29, 1.82) is 0 Å². The lowest BCUT2D eigenvalue weighted by atomic mass is 10.2. The maximum Gasteiger partial charge on any atom is 0.222 e. The smallest absolute Gasteiger partial charge is 0.222 e. The molecule has 0 spiro atoms. The average Bonchev–Trinajstić information content (AvgIpc) is 2.49. The van der Waals surface area contributed by atoms with E-state index in [4.69, 9.17) is 6.57 Å². The third kappa shape index (κ3) is 0.857. The van der Waals surface area contributed by atoms with Crippen molar-refractivity contribution in [2.75, 3.05) is 0 Å². The number of nitrogens with one attached hydrogen (secondary N) is 1. The van der Waals surface area contributed by atoms with Crippen LogP contribution in [-0.2, 0) is 0 Å². The van der Waals surface area contributed by atoms with Crippen LogP contribution in [0.25, 0.3) is 15.7 Å². The fourth-order valence-electron chi connectivity index (χ4n) is 1.15. The summed E-state index contributed by atoms with van der Waals surface area (Å²) < 4.78 is 13.0. The van der Waals surface area contributed by atoms with Crippen molar-refractivity contribution in [3.8, 4) is 0 Å². The van der Waals surface area contributed by atoms with Crippen LogP contribution >= 0.6 is 0 Å². The second-order valence-corrected chi connectivity index (χ2v) is 2.48. The molecule has 3 heteroatoms. The summed E-state index contributed by atoms with van der Waals surface area (Å²) in [5, 5.41) is 0.863. The van der Waals surface area contributed by atoms with Crippen molar-refractivity contribution in [3.63, 3.8) is 0 Å². The summed E-state index contributed by atoms with van der Waals surface area (Å²) in [5.41, 5.74) is 0.794. The van der Waals surface area contributed by atoms with E-state index in [2.05, 4.69) is 9.83 Å². The summed E-state index contributed by atoms with van der Waals surface area (Å²) in [4.78, 5) is 5.93. The predicted octanol–water partition coefficient (Wildman–Crippen LogP) is 2.86. The van der Waals surface area contributed by atoms with Crippen molar-refractivity contribution in [1.82, 2.24) is 4.98 Å². The van der Waals surface area contributed by atoms with Gasteiger partial charge in [0.05, 0.1) is 6.57 Å². The van der Waals surface area contributed by atoms with E-state index in [1.807, 2.05) is 6.07 Å². The van der Waals surface area contributed by atoms with Gasteiger partial charge in [0.15, 0.2) is 0 Å². The number of nitrogens with zero attached hydrogens (tertiary/aromatic N) is 1. The number of aromatic amines is 1. The Morgan fingerprint density at radius 3 is 3.00 bits per heavy atom. The van der Waals surface area contributed by atoms with Crippen molar-refractivity contribution in [2.45, 2.75) is 0 Å². The first kappa shape index (κ1) is 6.86. The van der Waals surface area contributed by atoms with Crippen LogP contribution < -0.4 is 0 Å². The number of hydrogen-bond donors (Lipinski definition) is 1. The van der Waals surface area contributed by atoms with E-state index in [-0.39, 0.29) is 5.69 Å². The Morgan fingerprint density at radius 1 is 1.42 bits per heavy atom. The lowest BCUT2D eigenvalue weighted by molar-refractivity contribution is 0.635. The maximum atomic E-state index is 13.0. The third-order valence-corrected chi connectivity index (χ3v) is 1.74. The molecule has 0 aliphatic heterocycles. The Kier molecular flexibility index (Phi) is 1.34. The van der Waals surface area contributed by atoms with Gasteiger partial charge in [-0.2, -0.15) is 0 Å². The summed E-state index contributed by atoms with van der Waals surface area (Å²) in [6, 6.07) is 4.68. The minimum absolute atomic E-state index is 0.0714. The van der Waals surface area contributed by atoms with Gasteiger partial charge < -0.3 is 4.98 Å². The Balaban J connectivity index is 2.84. The summed E-state index contributed by atoms with van der Waals surface area (Å²) in [5.74, 6) is -0.472. The first-order valence-corrected chi connectivity index (χ1v) is 3.45. The predicted molar refractivity (Wildman–Crippen MR) is 44.5 cm³/mol. The maximum absolute atomic E-state index is 13.0. The van der Waals surface area contributed by atoms with E-state index in [1.54, 1.807) is 6.20 Å². The van der Waals surface area contributed by atoms with Crippen LogP contribution in [0.3, 0.4) is 0 Å². The number of rotatable bonds is 0. The van der Waals surface area contributed by atoms with Gasteiger partial charge in [-0.3, -0.25) is 0 Å². The van der Waals surface area contributed by atoms with Gasteiger partial charge in [-0.25, -0.2) is 9.24 Å². The molecule has 0 atom stereocenters. The molecule has 1 N–H and O–H groups in total. The van der Waals surface area contributed by atoms with Gasteiger partial charge in [-0.05, 0) is 23.6 Å². The highest BCUT2D eigenvalue weighted by molar-refractivity contribution is 5.83. The number of fused-ring (bicyclic) bond motifs is 1. The molecule has 0 saturated carbocycles. The van der Waals surface area contributed by atoms with Gasteiger partial charge in [0.1, 0.15) is 5.82 Å². The van der Waals surface area contributed by atoms with Crippen LogP contribution in [-0.4, -0.2) is 4.98 Å². The zero-order valence-corrected chi connectivity index (χ0v) is 6.13. The molecule has 0 radical (unpaired) electrons. The van der Waals surface area contributed by atoms with E-state index in [0.717, 1.165) is 10.9 Å². The standard InChI is InChI=1S/C9H5FN2/c1-11-9-4-6-2-3-12-8(6)5-7(9)10/h2-5,12H. The molecule has 0 saturated heterocycles. The van der Waals surface area contributed by atoms with Gasteiger partial charge >= 0.3 is 0 Å². The summed E-state index contributed by atoms with van der Waals surface area (Å²) >= 11 is 0. The largest absolute Gasteiger partial charge is 0.361 e. The molecule has 1 heterocycles. The number of benzene rings is 1. The highest BCUT2D eigenvalue weighted by Crippen LogP contribution is 2.23. The fourth-order valence-corrected chi connectivity index (χ4v) is 1.15. The molecule has 0 amide bonds. The van der Waals surface area contributed by atoms with E-state index in [9.17, 15) is 4.39 Å². The van der Waals surface area contributed by atoms with Crippen LogP contribution in [0.4, 0.5) is 10.1 Å². The van der Waals surface area contributed by atoms with Gasteiger partial charge in [0, 0.05) is 11.7 Å². The number of H-pyrrole nitrogens is 1. The molecule has 2 rings (SSSR count). The molecule has 0 unspecified atom stereocenters. The van der Waals surface area contributed by atoms with Crippen LogP contribution in [0.2, 0.25) is 0 Å². The second-order valence-electron chi connectivity index (χ2n) is 2.48. The van der Waals surface area contributed by atoms with E-state index < -0.39 is 5.82 Å². The molecule has 0 aliphatic rings. The minimum atomic E-state index is -0.472. The summed E-state index contributed by atoms with van der Waals surface area (Å²) in [7, 11) is 0. The molecule has 2 aromatic rings. The molecule has 0 fully saturated rings. The second kappa shape index (κ2) is 2.35. The Bertz CT molecular complexity index is 465. The topological polar surface area (TPSA) is 20.1 Å². The monoisotopic (exact) mass is 160 g/mol. The number of halogens is 1. The van der Waals surface area contributed by atoms with Crippen LogP contribution in [0.15, 0.2) is 24.4 Å². The lowest BCUT2D eigenvalue weighted by Crippen LogP contribution is -1.74. The molecular weight excluding hydrogens is 155 g/mol. The molecule has 1 aromatic carbocycles. The van der Waals surface area contributed by atoms with Gasteiger partial charge in [0.25, 0.3) is 0 Å². The fraction of sp³-hybridized carbons (Fsp3) is 0. The Hall–Kier alpha value is -1.82. The normalized spacial score (nSPS) is 10.0. The molecule has 0 aliphatic carbocycles. The third-order valence-electron chi connectivity index (χ3n) is 1.74. The zero-order chi connectivity index (χ0) is 8.55. The Morgan fingerprint density at radius 2 is 2.25 bits per heavy atom. The number of aromatic nitrogens is 1. The van der Waals surface area contributed by atoms with E-state index in [1.165, 1.54) is 12.1 Å². The highest BCUT2D eigenvalue weighted by Gasteiger charge is 2.03. The van der Waals surface area contributed by atoms with Crippen molar-refractivity contribution in [3.05, 3.63) is 41.6 Å². The molecule has 0 bridgehead atoms. The molecule has 2 nitrogen and oxygen atoms in total. The molecule has 12 heavy (non-hydrogen) atoms. The number of hydrogen-bond acceptors (Lipinski definition) is 0. The first-order valence-electron chi connectivity index (χ1n) is 3.45. The molecular formula is C9H5FN2.